The normalized spacial score (nSPS) is 15.3. The molecule has 7 nitrogen and oxygen atoms in total. The average molecular weight is 633 g/mol. The van der Waals surface area contributed by atoms with E-state index in [0.29, 0.717) is 49.3 Å². The molecule has 0 saturated carbocycles. The van der Waals surface area contributed by atoms with Gasteiger partial charge in [-0.1, -0.05) is 26.0 Å². The van der Waals surface area contributed by atoms with Crippen LogP contribution in [0.4, 0.5) is 35.9 Å². The Balaban J connectivity index is 1.23. The highest BCUT2D eigenvalue weighted by Crippen LogP contribution is 2.38. The zero-order chi connectivity index (χ0) is 33.0. The number of aliphatic hydroxyl groups is 1. The van der Waals surface area contributed by atoms with Crippen molar-refractivity contribution in [2.45, 2.75) is 51.3 Å². The zero-order valence-corrected chi connectivity index (χ0v) is 26.1. The second-order valence-electron chi connectivity index (χ2n) is 12.1. The standard InChI is InChI=1S/C36H39F3N4O3/c1-23(21-34(45)33-5-4-18-42(33)3)24(2)25-6-10-27(11-7-25)40-32-15-12-28(22-31(32)36(37,38)39)41-35(46)26-8-13-29(14-9-26)43-19-16-30(44)17-20-43/h4-15,18,22-24,30,40,44H,16-17,19-21H2,1-3H3,(H,41,46). The van der Waals surface area contributed by atoms with Gasteiger partial charge in [-0.15, -0.1) is 0 Å². The third kappa shape index (κ3) is 7.80. The minimum atomic E-state index is -4.67. The van der Waals surface area contributed by atoms with Crippen LogP contribution < -0.4 is 15.5 Å². The number of alkyl halides is 3. The van der Waals surface area contributed by atoms with Crippen molar-refractivity contribution >= 4 is 34.4 Å². The fraction of sp³-hybridized carbons (Fsp3) is 0.333. The number of hydrogen-bond donors (Lipinski definition) is 3. The van der Waals surface area contributed by atoms with Crippen molar-refractivity contribution < 1.29 is 27.9 Å². The molecule has 242 valence electrons. The maximum atomic E-state index is 14.1. The van der Waals surface area contributed by atoms with E-state index in [1.807, 2.05) is 45.3 Å². The molecule has 1 aromatic heterocycles. The van der Waals surface area contributed by atoms with Crippen molar-refractivity contribution in [2.24, 2.45) is 13.0 Å². The number of halogens is 3. The van der Waals surface area contributed by atoms with Crippen LogP contribution in [0.3, 0.4) is 0 Å². The minimum absolute atomic E-state index is 0.0278. The summed E-state index contributed by atoms with van der Waals surface area (Å²) < 4.78 is 44.2. The Morgan fingerprint density at radius 3 is 2.20 bits per heavy atom. The molecule has 0 spiro atoms. The molecule has 1 saturated heterocycles. The van der Waals surface area contributed by atoms with Gasteiger partial charge < -0.3 is 25.2 Å². The maximum absolute atomic E-state index is 14.1. The number of benzene rings is 3. The number of aryl methyl sites for hydroxylation is 1. The first-order chi connectivity index (χ1) is 21.9. The summed E-state index contributed by atoms with van der Waals surface area (Å²) in [6, 6.07) is 21.4. The summed E-state index contributed by atoms with van der Waals surface area (Å²) in [4.78, 5) is 27.7. The molecule has 1 fully saturated rings. The van der Waals surface area contributed by atoms with Crippen molar-refractivity contribution in [3.8, 4) is 0 Å². The van der Waals surface area contributed by atoms with Crippen molar-refractivity contribution in [3.05, 3.63) is 107 Å². The van der Waals surface area contributed by atoms with Gasteiger partial charge in [0.1, 0.15) is 0 Å². The predicted octanol–water partition coefficient (Wildman–Crippen LogP) is 8.01. The third-order valence-electron chi connectivity index (χ3n) is 8.85. The number of nitrogens with zero attached hydrogens (tertiary/aromatic N) is 2. The van der Waals surface area contributed by atoms with Gasteiger partial charge in [-0.3, -0.25) is 9.59 Å². The number of hydrogen-bond acceptors (Lipinski definition) is 5. The smallest absolute Gasteiger partial charge is 0.393 e. The molecule has 1 aliphatic rings. The van der Waals surface area contributed by atoms with Crippen LogP contribution in [0.25, 0.3) is 0 Å². The number of carbonyl (C=O) groups excluding carboxylic acids is 2. The number of rotatable bonds is 10. The maximum Gasteiger partial charge on any atom is 0.418 e. The van der Waals surface area contributed by atoms with Gasteiger partial charge in [-0.25, -0.2) is 0 Å². The molecule has 0 radical (unpaired) electrons. The van der Waals surface area contributed by atoms with Gasteiger partial charge in [-0.2, -0.15) is 13.2 Å². The number of nitrogens with one attached hydrogen (secondary N) is 2. The summed E-state index contributed by atoms with van der Waals surface area (Å²) in [5, 5.41) is 15.2. The van der Waals surface area contributed by atoms with E-state index in [1.54, 1.807) is 47.0 Å². The van der Waals surface area contributed by atoms with Gasteiger partial charge in [0, 0.05) is 55.4 Å². The summed E-state index contributed by atoms with van der Waals surface area (Å²) in [5.41, 5.74) is 2.36. The number of carbonyl (C=O) groups is 2. The second kappa shape index (κ2) is 13.8. The molecule has 0 aliphatic carbocycles. The van der Waals surface area contributed by atoms with E-state index in [1.165, 1.54) is 12.1 Å². The monoisotopic (exact) mass is 632 g/mol. The number of ketones is 1. The second-order valence-corrected chi connectivity index (χ2v) is 12.1. The van der Waals surface area contributed by atoms with Crippen molar-refractivity contribution in [1.29, 1.82) is 0 Å². The molecule has 1 aliphatic heterocycles. The number of Topliss-reactive ketones (excluding diaryl/α,β-unsaturated/α-hetero) is 1. The van der Waals surface area contributed by atoms with Crippen LogP contribution in [0.15, 0.2) is 85.1 Å². The van der Waals surface area contributed by atoms with Crippen LogP contribution >= 0.6 is 0 Å². The fourth-order valence-electron chi connectivity index (χ4n) is 5.80. The van der Waals surface area contributed by atoms with Gasteiger partial charge in [0.25, 0.3) is 5.91 Å². The molecular formula is C36H39F3N4O3. The first-order valence-electron chi connectivity index (χ1n) is 15.5. The van der Waals surface area contributed by atoms with Gasteiger partial charge in [-0.05, 0) is 97.0 Å². The van der Waals surface area contributed by atoms with Gasteiger partial charge >= 0.3 is 6.18 Å². The SMILES string of the molecule is CC(CC(=O)c1cccn1C)C(C)c1ccc(Nc2ccc(NC(=O)c3ccc(N4CCC(O)CC4)cc3)cc2C(F)(F)F)cc1. The highest BCUT2D eigenvalue weighted by atomic mass is 19.4. The molecule has 10 heteroatoms. The Kier molecular flexibility index (Phi) is 9.86. The molecular weight excluding hydrogens is 593 g/mol. The molecule has 1 amide bonds. The molecule has 0 bridgehead atoms. The number of anilines is 4. The average Bonchev–Trinajstić information content (AvgIpc) is 3.47. The lowest BCUT2D eigenvalue weighted by Crippen LogP contribution is -2.35. The Labute approximate surface area is 267 Å². The minimum Gasteiger partial charge on any atom is -0.393 e. The molecule has 3 N–H and O–H groups in total. The Hall–Kier alpha value is -4.57. The lowest BCUT2D eigenvalue weighted by atomic mass is 9.85. The van der Waals surface area contributed by atoms with Crippen LogP contribution in [0.5, 0.6) is 0 Å². The molecule has 2 heterocycles. The highest BCUT2D eigenvalue weighted by molar-refractivity contribution is 6.04. The highest BCUT2D eigenvalue weighted by Gasteiger charge is 2.34. The van der Waals surface area contributed by atoms with Gasteiger partial charge in [0.15, 0.2) is 5.78 Å². The van der Waals surface area contributed by atoms with Crippen LogP contribution in [0, 0.1) is 5.92 Å². The summed E-state index contributed by atoms with van der Waals surface area (Å²) >= 11 is 0. The van der Waals surface area contributed by atoms with Gasteiger partial charge in [0.2, 0.25) is 0 Å². The first kappa shape index (κ1) is 32.8. The lowest BCUT2D eigenvalue weighted by Gasteiger charge is -2.31. The Morgan fingerprint density at radius 1 is 0.935 bits per heavy atom. The molecule has 3 aromatic carbocycles. The molecule has 5 rings (SSSR count). The summed E-state index contributed by atoms with van der Waals surface area (Å²) in [7, 11) is 1.84. The number of amides is 1. The van der Waals surface area contributed by atoms with Gasteiger partial charge in [0.05, 0.1) is 23.0 Å². The van der Waals surface area contributed by atoms with E-state index in [9.17, 15) is 27.9 Å². The van der Waals surface area contributed by atoms with E-state index >= 15 is 0 Å². The third-order valence-corrected chi connectivity index (χ3v) is 8.85. The van der Waals surface area contributed by atoms with Crippen molar-refractivity contribution in [2.75, 3.05) is 28.6 Å². The predicted molar refractivity (Wildman–Crippen MR) is 175 cm³/mol. The van der Waals surface area contributed by atoms with Crippen LogP contribution in [0.2, 0.25) is 0 Å². The quantitative estimate of drug-likeness (QED) is 0.154. The number of aromatic nitrogens is 1. The molecule has 46 heavy (non-hydrogen) atoms. The Bertz CT molecular complexity index is 1660. The summed E-state index contributed by atoms with van der Waals surface area (Å²) in [5.74, 6) is -0.332. The van der Waals surface area contributed by atoms with Crippen LogP contribution in [-0.4, -0.2) is 40.6 Å². The van der Waals surface area contributed by atoms with Crippen LogP contribution in [-0.2, 0) is 13.2 Å². The van der Waals surface area contributed by atoms with E-state index in [0.717, 1.165) is 17.3 Å². The lowest BCUT2D eigenvalue weighted by molar-refractivity contribution is -0.136. The fourth-order valence-corrected chi connectivity index (χ4v) is 5.80. The van der Waals surface area contributed by atoms with Crippen molar-refractivity contribution in [3.63, 3.8) is 0 Å². The summed E-state index contributed by atoms with van der Waals surface area (Å²) in [6.07, 6.45) is -1.38. The zero-order valence-electron chi connectivity index (χ0n) is 26.1. The molecule has 2 atom stereocenters. The molecule has 4 aromatic rings. The van der Waals surface area contributed by atoms with Crippen molar-refractivity contribution in [1.82, 2.24) is 4.57 Å². The Morgan fingerprint density at radius 2 is 1.59 bits per heavy atom. The van der Waals surface area contributed by atoms with E-state index < -0.39 is 17.6 Å². The van der Waals surface area contributed by atoms with E-state index in [2.05, 4.69) is 15.5 Å². The van der Waals surface area contributed by atoms with E-state index in [4.69, 9.17) is 0 Å². The number of aliphatic hydroxyl groups excluding tert-OH is 1. The largest absolute Gasteiger partial charge is 0.418 e. The number of piperidine rings is 1. The summed E-state index contributed by atoms with van der Waals surface area (Å²) in [6.45, 7) is 5.49. The van der Waals surface area contributed by atoms with E-state index in [-0.39, 0.29) is 35.1 Å². The molecule has 2 unspecified atom stereocenters. The first-order valence-corrected chi connectivity index (χ1v) is 15.5. The van der Waals surface area contributed by atoms with Crippen LogP contribution in [0.1, 0.15) is 71.0 Å². The topological polar surface area (TPSA) is 86.6 Å².